The molecule has 23 heavy (non-hydrogen) atoms. The summed E-state index contributed by atoms with van der Waals surface area (Å²) in [7, 11) is 0. The Morgan fingerprint density at radius 3 is 1.91 bits per heavy atom. The number of nitrogens with one attached hydrogen (secondary N) is 1. The number of unbranched alkanes of at least 4 members (excludes halogenated alkanes) is 11. The van der Waals surface area contributed by atoms with Crippen molar-refractivity contribution in [3.05, 3.63) is 12.2 Å². The fourth-order valence-electron chi connectivity index (χ4n) is 2.64. The highest BCUT2D eigenvalue weighted by Crippen LogP contribution is 2.09. The molecule has 136 valence electrons. The van der Waals surface area contributed by atoms with E-state index in [0.29, 0.717) is 13.0 Å². The predicted octanol–water partition coefficient (Wildman–Crippen LogP) is 5.13. The van der Waals surface area contributed by atoms with E-state index in [1.54, 1.807) is 0 Å². The van der Waals surface area contributed by atoms with Gasteiger partial charge >= 0.3 is 0 Å². The minimum absolute atomic E-state index is 0.0259. The number of amides is 1. The third kappa shape index (κ3) is 19.1. The number of allylic oxidation sites excluding steroid dienone is 2. The van der Waals surface area contributed by atoms with E-state index in [-0.39, 0.29) is 12.5 Å². The molecule has 0 aliphatic heterocycles. The van der Waals surface area contributed by atoms with Crippen molar-refractivity contribution in [3.63, 3.8) is 0 Å². The van der Waals surface area contributed by atoms with Gasteiger partial charge < -0.3 is 10.4 Å². The van der Waals surface area contributed by atoms with E-state index in [9.17, 15) is 4.79 Å². The Labute approximate surface area is 143 Å². The van der Waals surface area contributed by atoms with E-state index in [1.807, 2.05) is 0 Å². The molecule has 0 aromatic rings. The number of carbonyl (C=O) groups is 1. The first kappa shape index (κ1) is 22.2. The summed E-state index contributed by atoms with van der Waals surface area (Å²) in [5, 5.41) is 11.3. The molecule has 1 amide bonds. The molecule has 0 aliphatic rings. The molecule has 0 rings (SSSR count). The maximum Gasteiger partial charge on any atom is 0.220 e. The van der Waals surface area contributed by atoms with Gasteiger partial charge in [0.2, 0.25) is 5.91 Å². The van der Waals surface area contributed by atoms with Crippen LogP contribution in [0, 0.1) is 0 Å². The lowest BCUT2D eigenvalue weighted by molar-refractivity contribution is -0.121. The van der Waals surface area contributed by atoms with Gasteiger partial charge in [-0.2, -0.15) is 0 Å². The SMILES string of the molecule is CCCCCCCCC=CCCCCCCCC(=O)NCCO. The summed E-state index contributed by atoms with van der Waals surface area (Å²) in [6.07, 6.45) is 21.8. The average Bonchev–Trinajstić information content (AvgIpc) is 2.56. The van der Waals surface area contributed by atoms with E-state index in [0.717, 1.165) is 12.8 Å². The van der Waals surface area contributed by atoms with Crippen LogP contribution in [0.25, 0.3) is 0 Å². The predicted molar refractivity (Wildman–Crippen MR) is 99.5 cm³/mol. The standard InChI is InChI=1S/C20H39NO2/c1-2-3-4-5-6-7-8-9-10-11-12-13-14-15-16-17-20(23)21-18-19-22/h9-10,22H,2-8,11-19H2,1H3,(H,21,23). The van der Waals surface area contributed by atoms with Gasteiger partial charge in [-0.05, 0) is 32.1 Å². The molecular weight excluding hydrogens is 286 g/mol. The van der Waals surface area contributed by atoms with Crippen LogP contribution in [0.2, 0.25) is 0 Å². The van der Waals surface area contributed by atoms with E-state index in [2.05, 4.69) is 24.4 Å². The second kappa shape index (κ2) is 19.2. The Bertz CT molecular complexity index is 277. The molecule has 2 N–H and O–H groups in total. The third-order valence-electron chi connectivity index (χ3n) is 4.10. The van der Waals surface area contributed by atoms with Crippen molar-refractivity contribution in [1.82, 2.24) is 5.32 Å². The quantitative estimate of drug-likeness (QED) is 0.287. The lowest BCUT2D eigenvalue weighted by Gasteiger charge is -2.03. The first-order valence-electron chi connectivity index (χ1n) is 9.83. The van der Waals surface area contributed by atoms with Crippen LogP contribution in [0.4, 0.5) is 0 Å². The van der Waals surface area contributed by atoms with Crippen LogP contribution in [-0.4, -0.2) is 24.2 Å². The van der Waals surface area contributed by atoms with Crippen LogP contribution < -0.4 is 5.32 Å². The largest absolute Gasteiger partial charge is 0.395 e. The van der Waals surface area contributed by atoms with Crippen LogP contribution in [0.3, 0.4) is 0 Å². The van der Waals surface area contributed by atoms with Crippen LogP contribution in [0.5, 0.6) is 0 Å². The summed E-state index contributed by atoms with van der Waals surface area (Å²) in [6, 6.07) is 0. The Kier molecular flexibility index (Phi) is 18.5. The molecule has 0 spiro atoms. The summed E-state index contributed by atoms with van der Waals surface area (Å²) < 4.78 is 0. The topological polar surface area (TPSA) is 49.3 Å². The van der Waals surface area contributed by atoms with Crippen LogP contribution in [0.1, 0.15) is 96.8 Å². The van der Waals surface area contributed by atoms with E-state index in [1.165, 1.54) is 70.6 Å². The van der Waals surface area contributed by atoms with E-state index < -0.39 is 0 Å². The normalized spacial score (nSPS) is 11.2. The van der Waals surface area contributed by atoms with Crippen molar-refractivity contribution in [2.24, 2.45) is 0 Å². The average molecular weight is 326 g/mol. The van der Waals surface area contributed by atoms with Crippen molar-refractivity contribution in [3.8, 4) is 0 Å². The molecule has 0 aliphatic carbocycles. The molecule has 3 nitrogen and oxygen atoms in total. The van der Waals surface area contributed by atoms with E-state index in [4.69, 9.17) is 5.11 Å². The Hall–Kier alpha value is -0.830. The maximum atomic E-state index is 11.3. The molecule has 0 bridgehead atoms. The number of carbonyl (C=O) groups excluding carboxylic acids is 1. The summed E-state index contributed by atoms with van der Waals surface area (Å²) in [5.74, 6) is 0.0664. The molecule has 0 saturated carbocycles. The van der Waals surface area contributed by atoms with Crippen molar-refractivity contribution in [1.29, 1.82) is 0 Å². The van der Waals surface area contributed by atoms with Crippen LogP contribution in [-0.2, 0) is 4.79 Å². The molecule has 0 aromatic heterocycles. The Morgan fingerprint density at radius 1 is 0.826 bits per heavy atom. The second-order valence-electron chi connectivity index (χ2n) is 6.41. The fourth-order valence-corrected chi connectivity index (χ4v) is 2.64. The van der Waals surface area contributed by atoms with Crippen molar-refractivity contribution >= 4 is 5.91 Å². The van der Waals surface area contributed by atoms with Crippen LogP contribution in [0.15, 0.2) is 12.2 Å². The summed E-state index contributed by atoms with van der Waals surface area (Å²) in [5.41, 5.74) is 0. The van der Waals surface area contributed by atoms with Crippen molar-refractivity contribution in [2.75, 3.05) is 13.2 Å². The number of aliphatic hydroxyl groups excluding tert-OH is 1. The molecule has 0 radical (unpaired) electrons. The minimum Gasteiger partial charge on any atom is -0.395 e. The third-order valence-corrected chi connectivity index (χ3v) is 4.10. The first-order valence-corrected chi connectivity index (χ1v) is 9.83. The molecule has 0 unspecified atom stereocenters. The van der Waals surface area contributed by atoms with Gasteiger partial charge in [0.1, 0.15) is 0 Å². The summed E-state index contributed by atoms with van der Waals surface area (Å²) >= 11 is 0. The summed E-state index contributed by atoms with van der Waals surface area (Å²) in [4.78, 5) is 11.3. The minimum atomic E-state index is 0.0259. The second-order valence-corrected chi connectivity index (χ2v) is 6.41. The number of hydrogen-bond donors (Lipinski definition) is 2. The monoisotopic (exact) mass is 325 g/mol. The number of aliphatic hydroxyl groups is 1. The van der Waals surface area contributed by atoms with Gasteiger partial charge in [0.05, 0.1) is 6.61 Å². The van der Waals surface area contributed by atoms with Crippen molar-refractivity contribution in [2.45, 2.75) is 96.8 Å². The molecule has 0 heterocycles. The molecular formula is C20H39NO2. The maximum absolute atomic E-state index is 11.3. The zero-order valence-corrected chi connectivity index (χ0v) is 15.3. The zero-order valence-electron chi connectivity index (χ0n) is 15.3. The lowest BCUT2D eigenvalue weighted by Crippen LogP contribution is -2.25. The van der Waals surface area contributed by atoms with Gasteiger partial charge in [-0.3, -0.25) is 4.79 Å². The van der Waals surface area contributed by atoms with Gasteiger partial charge in [0.15, 0.2) is 0 Å². The number of hydrogen-bond acceptors (Lipinski definition) is 2. The van der Waals surface area contributed by atoms with Gasteiger partial charge in [-0.25, -0.2) is 0 Å². The highest BCUT2D eigenvalue weighted by molar-refractivity contribution is 5.75. The van der Waals surface area contributed by atoms with Crippen LogP contribution >= 0.6 is 0 Å². The smallest absolute Gasteiger partial charge is 0.220 e. The Balaban J connectivity index is 3.14. The van der Waals surface area contributed by atoms with Crippen molar-refractivity contribution < 1.29 is 9.90 Å². The molecule has 0 saturated heterocycles. The van der Waals surface area contributed by atoms with Gasteiger partial charge in [-0.1, -0.05) is 70.4 Å². The molecule has 0 atom stereocenters. The van der Waals surface area contributed by atoms with Gasteiger partial charge in [0.25, 0.3) is 0 Å². The van der Waals surface area contributed by atoms with E-state index >= 15 is 0 Å². The highest BCUT2D eigenvalue weighted by Gasteiger charge is 1.99. The van der Waals surface area contributed by atoms with Gasteiger partial charge in [0, 0.05) is 13.0 Å². The van der Waals surface area contributed by atoms with Gasteiger partial charge in [-0.15, -0.1) is 0 Å². The highest BCUT2D eigenvalue weighted by atomic mass is 16.3. The lowest BCUT2D eigenvalue weighted by atomic mass is 10.1. The fraction of sp³-hybridized carbons (Fsp3) is 0.850. The zero-order chi connectivity index (χ0) is 17.0. The molecule has 0 fully saturated rings. The molecule has 0 aromatic carbocycles. The Morgan fingerprint density at radius 2 is 1.35 bits per heavy atom. The number of rotatable bonds is 17. The summed E-state index contributed by atoms with van der Waals surface area (Å²) in [6.45, 7) is 2.67. The first-order chi connectivity index (χ1) is 11.3. The molecule has 3 heteroatoms.